The van der Waals surface area contributed by atoms with Gasteiger partial charge in [0.25, 0.3) is 0 Å². The standard InChI is InChI=1S/C16H24N4O2/c1-11(21)9-19(3)15-7-16(20(4)10-12(2)22)18-14-8-17-6-5-13(14)15/h5-8,11-12,21-22H,9-10H2,1-4H3/t11-,12+/m0/s1. The Hall–Kier alpha value is -1.92. The molecule has 2 rings (SSSR count). The molecule has 0 bridgehead atoms. The lowest BCUT2D eigenvalue weighted by molar-refractivity contribution is 0.201. The Balaban J connectivity index is 2.47. The summed E-state index contributed by atoms with van der Waals surface area (Å²) in [7, 11) is 3.84. The Labute approximate surface area is 131 Å². The van der Waals surface area contributed by atoms with Gasteiger partial charge in [-0.15, -0.1) is 0 Å². The summed E-state index contributed by atoms with van der Waals surface area (Å²) in [4.78, 5) is 12.7. The van der Waals surface area contributed by atoms with Crippen LogP contribution in [-0.2, 0) is 0 Å². The van der Waals surface area contributed by atoms with Crippen LogP contribution >= 0.6 is 0 Å². The Bertz CT molecular complexity index is 631. The van der Waals surface area contributed by atoms with E-state index in [-0.39, 0.29) is 0 Å². The molecule has 22 heavy (non-hydrogen) atoms. The molecule has 6 nitrogen and oxygen atoms in total. The third-order valence-electron chi connectivity index (χ3n) is 3.46. The number of nitrogens with zero attached hydrogens (tertiary/aromatic N) is 4. The van der Waals surface area contributed by atoms with E-state index in [1.165, 1.54) is 0 Å². The van der Waals surface area contributed by atoms with Gasteiger partial charge < -0.3 is 20.0 Å². The Morgan fingerprint density at radius 2 is 1.73 bits per heavy atom. The first-order valence-electron chi connectivity index (χ1n) is 7.41. The van der Waals surface area contributed by atoms with Crippen molar-refractivity contribution < 1.29 is 10.2 Å². The minimum absolute atomic E-state index is 0.423. The maximum absolute atomic E-state index is 9.64. The lowest BCUT2D eigenvalue weighted by Crippen LogP contribution is -2.29. The average Bonchev–Trinajstić information content (AvgIpc) is 2.44. The Morgan fingerprint density at radius 3 is 2.36 bits per heavy atom. The first kappa shape index (κ1) is 16.5. The van der Waals surface area contributed by atoms with Crippen LogP contribution in [0, 0.1) is 0 Å². The molecule has 0 aromatic carbocycles. The van der Waals surface area contributed by atoms with Crippen LogP contribution in [0.2, 0.25) is 0 Å². The number of rotatable bonds is 6. The van der Waals surface area contributed by atoms with Crippen molar-refractivity contribution >= 4 is 22.4 Å². The van der Waals surface area contributed by atoms with Crippen molar-refractivity contribution in [1.82, 2.24) is 9.97 Å². The molecule has 0 spiro atoms. The van der Waals surface area contributed by atoms with E-state index in [9.17, 15) is 10.2 Å². The summed E-state index contributed by atoms with van der Waals surface area (Å²) in [5.74, 6) is 0.772. The van der Waals surface area contributed by atoms with E-state index < -0.39 is 12.2 Å². The van der Waals surface area contributed by atoms with Crippen molar-refractivity contribution in [2.24, 2.45) is 0 Å². The predicted molar refractivity (Wildman–Crippen MR) is 89.4 cm³/mol. The Morgan fingerprint density at radius 1 is 1.09 bits per heavy atom. The highest BCUT2D eigenvalue weighted by Gasteiger charge is 2.14. The van der Waals surface area contributed by atoms with E-state index in [0.717, 1.165) is 22.4 Å². The topological polar surface area (TPSA) is 72.7 Å². The van der Waals surface area contributed by atoms with Gasteiger partial charge in [0.05, 0.1) is 23.9 Å². The van der Waals surface area contributed by atoms with Crippen molar-refractivity contribution in [2.75, 3.05) is 37.0 Å². The molecular weight excluding hydrogens is 280 g/mol. The smallest absolute Gasteiger partial charge is 0.131 e. The zero-order chi connectivity index (χ0) is 16.3. The fraction of sp³-hybridized carbons (Fsp3) is 0.500. The molecule has 0 aliphatic heterocycles. The van der Waals surface area contributed by atoms with Crippen LogP contribution in [0.3, 0.4) is 0 Å². The quantitative estimate of drug-likeness (QED) is 0.837. The van der Waals surface area contributed by atoms with E-state index in [1.54, 1.807) is 26.2 Å². The van der Waals surface area contributed by atoms with Crippen LogP contribution in [0.5, 0.6) is 0 Å². The monoisotopic (exact) mass is 304 g/mol. The zero-order valence-corrected chi connectivity index (χ0v) is 13.6. The summed E-state index contributed by atoms with van der Waals surface area (Å²) in [5.41, 5.74) is 1.78. The normalized spacial score (nSPS) is 13.9. The molecule has 2 heterocycles. The van der Waals surface area contributed by atoms with Gasteiger partial charge in [-0.05, 0) is 19.9 Å². The first-order valence-corrected chi connectivity index (χ1v) is 7.41. The molecule has 0 aliphatic carbocycles. The fourth-order valence-corrected chi connectivity index (χ4v) is 2.54. The zero-order valence-electron chi connectivity index (χ0n) is 13.6. The summed E-state index contributed by atoms with van der Waals surface area (Å²) in [5, 5.41) is 20.2. The lowest BCUT2D eigenvalue weighted by Gasteiger charge is -2.26. The lowest BCUT2D eigenvalue weighted by atomic mass is 10.2. The van der Waals surface area contributed by atoms with E-state index in [4.69, 9.17) is 0 Å². The van der Waals surface area contributed by atoms with Crippen molar-refractivity contribution in [1.29, 1.82) is 0 Å². The number of aliphatic hydroxyl groups is 2. The number of hydrogen-bond donors (Lipinski definition) is 2. The largest absolute Gasteiger partial charge is 0.392 e. The third kappa shape index (κ3) is 3.84. The van der Waals surface area contributed by atoms with Gasteiger partial charge in [-0.3, -0.25) is 4.98 Å². The number of likely N-dealkylation sites (N-methyl/N-ethyl adjacent to an activating group) is 2. The van der Waals surface area contributed by atoms with Crippen LogP contribution in [0.1, 0.15) is 13.8 Å². The second-order valence-electron chi connectivity index (χ2n) is 5.85. The van der Waals surface area contributed by atoms with Crippen LogP contribution < -0.4 is 9.80 Å². The van der Waals surface area contributed by atoms with Gasteiger partial charge in [-0.25, -0.2) is 4.98 Å². The van der Waals surface area contributed by atoms with Gasteiger partial charge in [-0.2, -0.15) is 0 Å². The molecule has 0 saturated heterocycles. The molecule has 6 heteroatoms. The fourth-order valence-electron chi connectivity index (χ4n) is 2.54. The highest BCUT2D eigenvalue weighted by molar-refractivity contribution is 5.93. The minimum atomic E-state index is -0.435. The van der Waals surface area contributed by atoms with E-state index in [0.29, 0.717) is 13.1 Å². The minimum Gasteiger partial charge on any atom is -0.392 e. The number of anilines is 2. The van der Waals surface area contributed by atoms with Crippen LogP contribution in [0.25, 0.3) is 10.9 Å². The van der Waals surface area contributed by atoms with Gasteiger partial charge in [0.15, 0.2) is 0 Å². The number of fused-ring (bicyclic) bond motifs is 1. The summed E-state index contributed by atoms with van der Waals surface area (Å²) in [6, 6.07) is 3.90. The molecule has 2 N–H and O–H groups in total. The maximum Gasteiger partial charge on any atom is 0.131 e. The molecule has 0 fully saturated rings. The molecule has 120 valence electrons. The molecule has 2 atom stereocenters. The van der Waals surface area contributed by atoms with Gasteiger partial charge in [0.1, 0.15) is 5.82 Å². The first-order chi connectivity index (χ1) is 10.4. The molecular formula is C16H24N4O2. The van der Waals surface area contributed by atoms with Gasteiger partial charge in [0, 0.05) is 50.5 Å². The van der Waals surface area contributed by atoms with Crippen molar-refractivity contribution in [3.63, 3.8) is 0 Å². The summed E-state index contributed by atoms with van der Waals surface area (Å²) < 4.78 is 0. The third-order valence-corrected chi connectivity index (χ3v) is 3.46. The van der Waals surface area contributed by atoms with Gasteiger partial charge >= 0.3 is 0 Å². The van der Waals surface area contributed by atoms with Crippen molar-refractivity contribution in [2.45, 2.75) is 26.1 Å². The SMILES string of the molecule is C[C@H](O)CN(C)c1cc(N(C)C[C@@H](C)O)nc2cnccc12. The van der Waals surface area contributed by atoms with Crippen molar-refractivity contribution in [3.05, 3.63) is 24.5 Å². The summed E-state index contributed by atoms with van der Waals surface area (Å²) in [6.45, 7) is 4.54. The average molecular weight is 304 g/mol. The molecule has 0 aliphatic rings. The van der Waals surface area contributed by atoms with Crippen LogP contribution in [0.4, 0.5) is 11.5 Å². The molecule has 2 aromatic rings. The van der Waals surface area contributed by atoms with Crippen molar-refractivity contribution in [3.8, 4) is 0 Å². The number of pyridine rings is 2. The highest BCUT2D eigenvalue weighted by Crippen LogP contribution is 2.28. The second kappa shape index (κ2) is 6.89. The predicted octanol–water partition coefficient (Wildman–Crippen LogP) is 1.26. The number of hydrogen-bond acceptors (Lipinski definition) is 6. The number of aliphatic hydroxyl groups excluding tert-OH is 2. The highest BCUT2D eigenvalue weighted by atomic mass is 16.3. The molecule has 2 aromatic heterocycles. The van der Waals surface area contributed by atoms with Crippen LogP contribution in [0.15, 0.2) is 24.5 Å². The molecule has 0 unspecified atom stereocenters. The Kier molecular flexibility index (Phi) is 5.15. The summed E-state index contributed by atoms with van der Waals surface area (Å²) >= 11 is 0. The van der Waals surface area contributed by atoms with E-state index in [1.807, 2.05) is 36.0 Å². The summed E-state index contributed by atoms with van der Waals surface area (Å²) in [6.07, 6.45) is 2.61. The van der Waals surface area contributed by atoms with E-state index in [2.05, 4.69) is 9.97 Å². The van der Waals surface area contributed by atoms with E-state index >= 15 is 0 Å². The number of aromatic nitrogens is 2. The molecule has 0 amide bonds. The van der Waals surface area contributed by atoms with Gasteiger partial charge in [0.2, 0.25) is 0 Å². The van der Waals surface area contributed by atoms with Crippen LogP contribution in [-0.4, -0.2) is 59.6 Å². The maximum atomic E-state index is 9.64. The molecule has 0 radical (unpaired) electrons. The molecule has 0 saturated carbocycles. The second-order valence-corrected chi connectivity index (χ2v) is 5.85. The van der Waals surface area contributed by atoms with Gasteiger partial charge in [-0.1, -0.05) is 0 Å².